The fourth-order valence-corrected chi connectivity index (χ4v) is 3.16. The summed E-state index contributed by atoms with van der Waals surface area (Å²) < 4.78 is 0. The maximum atomic E-state index is 4.53. The SMILES string of the molecule is CNC(Cc1nc(C)cs1)C1CC1(C)C. The molecule has 2 atom stereocenters. The highest BCUT2D eigenvalue weighted by Crippen LogP contribution is 2.53. The molecule has 2 unspecified atom stereocenters. The zero-order valence-electron chi connectivity index (χ0n) is 10.0. The molecule has 0 bridgehead atoms. The topological polar surface area (TPSA) is 24.9 Å². The highest BCUT2D eigenvalue weighted by atomic mass is 32.1. The average molecular weight is 224 g/mol. The lowest BCUT2D eigenvalue weighted by Crippen LogP contribution is -2.31. The predicted molar refractivity (Wildman–Crippen MR) is 65.3 cm³/mol. The number of thiazole rings is 1. The molecule has 0 aromatic carbocycles. The van der Waals surface area contributed by atoms with Gasteiger partial charge in [0.05, 0.1) is 5.01 Å². The molecule has 2 nitrogen and oxygen atoms in total. The number of aromatic nitrogens is 1. The van der Waals surface area contributed by atoms with Crippen LogP contribution in [0.4, 0.5) is 0 Å². The number of hydrogen-bond donors (Lipinski definition) is 1. The van der Waals surface area contributed by atoms with E-state index in [0.29, 0.717) is 11.5 Å². The highest BCUT2D eigenvalue weighted by Gasteiger charge is 2.49. The molecule has 15 heavy (non-hydrogen) atoms. The zero-order valence-corrected chi connectivity index (χ0v) is 10.8. The van der Waals surface area contributed by atoms with Crippen molar-refractivity contribution in [2.24, 2.45) is 11.3 Å². The number of hydrogen-bond acceptors (Lipinski definition) is 3. The Labute approximate surface area is 96.1 Å². The van der Waals surface area contributed by atoms with Crippen molar-refractivity contribution in [2.45, 2.75) is 39.7 Å². The molecule has 1 aliphatic carbocycles. The minimum absolute atomic E-state index is 0.542. The average Bonchev–Trinajstić information content (AvgIpc) is 2.59. The number of nitrogens with zero attached hydrogens (tertiary/aromatic N) is 1. The number of likely N-dealkylation sites (N-methyl/N-ethyl adjacent to an activating group) is 1. The van der Waals surface area contributed by atoms with Crippen molar-refractivity contribution in [3.05, 3.63) is 16.1 Å². The normalized spacial score (nSPS) is 25.2. The van der Waals surface area contributed by atoms with Gasteiger partial charge in [0.1, 0.15) is 0 Å². The molecule has 2 rings (SSSR count). The van der Waals surface area contributed by atoms with Gasteiger partial charge < -0.3 is 5.32 Å². The quantitative estimate of drug-likeness (QED) is 0.850. The summed E-state index contributed by atoms with van der Waals surface area (Å²) in [6.07, 6.45) is 2.44. The van der Waals surface area contributed by atoms with Gasteiger partial charge in [-0.05, 0) is 31.7 Å². The van der Waals surface area contributed by atoms with Gasteiger partial charge in [-0.3, -0.25) is 0 Å². The van der Waals surface area contributed by atoms with Crippen molar-refractivity contribution in [2.75, 3.05) is 7.05 Å². The molecule has 1 heterocycles. The third kappa shape index (κ3) is 2.40. The molecule has 84 valence electrons. The van der Waals surface area contributed by atoms with Crippen LogP contribution in [0.15, 0.2) is 5.38 Å². The lowest BCUT2D eigenvalue weighted by Gasteiger charge is -2.16. The van der Waals surface area contributed by atoms with Crippen LogP contribution in [0.3, 0.4) is 0 Å². The van der Waals surface area contributed by atoms with Crippen LogP contribution in [-0.4, -0.2) is 18.1 Å². The van der Waals surface area contributed by atoms with E-state index in [1.54, 1.807) is 11.3 Å². The first-order chi connectivity index (χ1) is 7.03. The Kier molecular flexibility index (Phi) is 2.86. The minimum atomic E-state index is 0.542. The van der Waals surface area contributed by atoms with E-state index in [0.717, 1.165) is 18.0 Å². The first-order valence-electron chi connectivity index (χ1n) is 5.61. The second-order valence-electron chi connectivity index (χ2n) is 5.28. The van der Waals surface area contributed by atoms with Gasteiger partial charge in [-0.1, -0.05) is 13.8 Å². The highest BCUT2D eigenvalue weighted by molar-refractivity contribution is 7.09. The summed E-state index contributed by atoms with van der Waals surface area (Å²) in [5.74, 6) is 0.826. The van der Waals surface area contributed by atoms with E-state index in [1.807, 2.05) is 0 Å². The van der Waals surface area contributed by atoms with Gasteiger partial charge in [-0.15, -0.1) is 11.3 Å². The maximum absolute atomic E-state index is 4.53. The van der Waals surface area contributed by atoms with E-state index >= 15 is 0 Å². The second kappa shape index (κ2) is 3.87. The van der Waals surface area contributed by atoms with Crippen LogP contribution in [0.1, 0.15) is 31.0 Å². The molecule has 0 aliphatic heterocycles. The second-order valence-corrected chi connectivity index (χ2v) is 6.22. The van der Waals surface area contributed by atoms with Crippen molar-refractivity contribution >= 4 is 11.3 Å². The van der Waals surface area contributed by atoms with Gasteiger partial charge in [0.25, 0.3) is 0 Å². The standard InChI is InChI=1S/C12H20N2S/c1-8-7-15-11(14-8)5-10(13-4)9-6-12(9,2)3/h7,9-10,13H,5-6H2,1-4H3. The number of nitrogens with one attached hydrogen (secondary N) is 1. The summed E-state index contributed by atoms with van der Waals surface area (Å²) >= 11 is 1.79. The summed E-state index contributed by atoms with van der Waals surface area (Å²) in [4.78, 5) is 4.53. The Morgan fingerprint density at radius 2 is 2.33 bits per heavy atom. The maximum Gasteiger partial charge on any atom is 0.0943 e. The van der Waals surface area contributed by atoms with Crippen LogP contribution in [0.5, 0.6) is 0 Å². The summed E-state index contributed by atoms with van der Waals surface area (Å²) in [6, 6.07) is 0.602. The Bertz CT molecular complexity index is 343. The molecule has 1 saturated carbocycles. The third-order valence-corrected chi connectivity index (χ3v) is 4.50. The van der Waals surface area contributed by atoms with Crippen molar-refractivity contribution in [3.63, 3.8) is 0 Å². The largest absolute Gasteiger partial charge is 0.316 e. The first-order valence-corrected chi connectivity index (χ1v) is 6.49. The molecule has 1 fully saturated rings. The van der Waals surface area contributed by atoms with Crippen molar-refractivity contribution in [3.8, 4) is 0 Å². The third-order valence-electron chi connectivity index (χ3n) is 3.51. The zero-order chi connectivity index (χ0) is 11.1. The van der Waals surface area contributed by atoms with E-state index in [1.165, 1.54) is 11.4 Å². The van der Waals surface area contributed by atoms with E-state index in [4.69, 9.17) is 0 Å². The van der Waals surface area contributed by atoms with Crippen molar-refractivity contribution in [1.29, 1.82) is 0 Å². The van der Waals surface area contributed by atoms with Crippen LogP contribution in [0.25, 0.3) is 0 Å². The van der Waals surface area contributed by atoms with Crippen molar-refractivity contribution in [1.82, 2.24) is 10.3 Å². The van der Waals surface area contributed by atoms with E-state index < -0.39 is 0 Å². The van der Waals surface area contributed by atoms with Gasteiger partial charge in [0, 0.05) is 23.5 Å². The van der Waals surface area contributed by atoms with Gasteiger partial charge in [-0.25, -0.2) is 4.98 Å². The van der Waals surface area contributed by atoms with Crippen LogP contribution < -0.4 is 5.32 Å². The Hall–Kier alpha value is -0.410. The smallest absolute Gasteiger partial charge is 0.0943 e. The van der Waals surface area contributed by atoms with Crippen LogP contribution in [0.2, 0.25) is 0 Å². The molecule has 1 aromatic heterocycles. The molecule has 0 amide bonds. The molecule has 0 radical (unpaired) electrons. The molecule has 1 aromatic rings. The van der Waals surface area contributed by atoms with E-state index in [9.17, 15) is 0 Å². The summed E-state index contributed by atoms with van der Waals surface area (Å²) in [6.45, 7) is 6.78. The number of rotatable bonds is 4. The molecule has 1 aliphatic rings. The van der Waals surface area contributed by atoms with Crippen LogP contribution >= 0.6 is 11.3 Å². The lowest BCUT2D eigenvalue weighted by molar-refractivity contribution is 0.425. The van der Waals surface area contributed by atoms with Gasteiger partial charge in [-0.2, -0.15) is 0 Å². The predicted octanol–water partition coefficient (Wildman–Crippen LogP) is 2.63. The Morgan fingerprint density at radius 1 is 1.67 bits per heavy atom. The van der Waals surface area contributed by atoms with Gasteiger partial charge >= 0.3 is 0 Å². The van der Waals surface area contributed by atoms with Gasteiger partial charge in [0.15, 0.2) is 0 Å². The van der Waals surface area contributed by atoms with Crippen molar-refractivity contribution < 1.29 is 0 Å². The molecule has 0 saturated heterocycles. The molecular formula is C12H20N2S. The van der Waals surface area contributed by atoms with E-state index in [-0.39, 0.29) is 0 Å². The lowest BCUT2D eigenvalue weighted by atomic mass is 10.0. The minimum Gasteiger partial charge on any atom is -0.316 e. The summed E-state index contributed by atoms with van der Waals surface area (Å²) in [5.41, 5.74) is 1.69. The first kappa shape index (κ1) is 11.1. The number of aryl methyl sites for hydroxylation is 1. The molecule has 0 spiro atoms. The summed E-state index contributed by atoms with van der Waals surface area (Å²) in [7, 11) is 2.07. The molecular weight excluding hydrogens is 204 g/mol. The Balaban J connectivity index is 1.98. The fourth-order valence-electron chi connectivity index (χ4n) is 2.32. The Morgan fingerprint density at radius 3 is 2.73 bits per heavy atom. The fraction of sp³-hybridized carbons (Fsp3) is 0.750. The molecule has 3 heteroatoms. The van der Waals surface area contributed by atoms with Gasteiger partial charge in [0.2, 0.25) is 0 Å². The van der Waals surface area contributed by atoms with Crippen LogP contribution in [-0.2, 0) is 6.42 Å². The van der Waals surface area contributed by atoms with Crippen LogP contribution in [0, 0.1) is 18.3 Å². The molecule has 1 N–H and O–H groups in total. The monoisotopic (exact) mass is 224 g/mol. The van der Waals surface area contributed by atoms with E-state index in [2.05, 4.69) is 43.5 Å². The summed E-state index contributed by atoms with van der Waals surface area (Å²) in [5, 5.41) is 6.86.